The smallest absolute Gasteiger partial charge is 0.277 e. The van der Waals surface area contributed by atoms with Crippen LogP contribution < -0.4 is 11.3 Å². The second kappa shape index (κ2) is 11.6. The van der Waals surface area contributed by atoms with Gasteiger partial charge in [-0.15, -0.1) is 0 Å². The predicted molar refractivity (Wildman–Crippen MR) is 154 cm³/mol. The molecule has 1 fully saturated rings. The summed E-state index contributed by atoms with van der Waals surface area (Å²) in [7, 11) is -4.50. The van der Waals surface area contributed by atoms with Crippen LogP contribution in [0, 0.1) is 17.2 Å². The highest BCUT2D eigenvalue weighted by atomic mass is 32.2. The zero-order chi connectivity index (χ0) is 30.0. The highest BCUT2D eigenvalue weighted by Crippen LogP contribution is 2.35. The Hall–Kier alpha value is -4.82. The van der Waals surface area contributed by atoms with E-state index in [1.807, 2.05) is 6.92 Å². The molecule has 3 N–H and O–H groups in total. The maximum atomic E-state index is 14.1. The number of aromatic hydroxyl groups is 1. The average molecular weight is 584 g/mol. The van der Waals surface area contributed by atoms with Gasteiger partial charge in [-0.25, -0.2) is 8.42 Å². The van der Waals surface area contributed by atoms with E-state index in [1.165, 1.54) is 22.9 Å². The van der Waals surface area contributed by atoms with E-state index in [0.717, 1.165) is 12.8 Å². The number of benzene rings is 2. The number of hydrogen-bond donors (Lipinski definition) is 2. The molecule has 0 radical (unpaired) electrons. The lowest BCUT2D eigenvalue weighted by Gasteiger charge is -2.23. The van der Waals surface area contributed by atoms with Crippen LogP contribution in [0.3, 0.4) is 0 Å². The first-order chi connectivity index (χ1) is 20.1. The van der Waals surface area contributed by atoms with E-state index in [1.54, 1.807) is 48.7 Å². The highest BCUT2D eigenvalue weighted by Gasteiger charge is 2.33. The van der Waals surface area contributed by atoms with Crippen LogP contribution in [0.4, 0.5) is 0 Å². The zero-order valence-electron chi connectivity index (χ0n) is 22.9. The maximum Gasteiger partial charge on any atom is 0.277 e. The monoisotopic (exact) mass is 583 g/mol. The topological polar surface area (TPSA) is 169 Å². The molecular weight excluding hydrogens is 554 g/mol. The first kappa shape index (κ1) is 28.7. The van der Waals surface area contributed by atoms with E-state index in [-0.39, 0.29) is 11.3 Å². The van der Waals surface area contributed by atoms with Gasteiger partial charge < -0.3 is 10.8 Å². The second-order valence-electron chi connectivity index (χ2n) is 10.4. The number of carbonyl (C=O) groups excluding carboxylic acids is 1. The van der Waals surface area contributed by atoms with Crippen molar-refractivity contribution < 1.29 is 18.3 Å². The minimum absolute atomic E-state index is 0.0363. The minimum atomic E-state index is -4.50. The molecule has 0 bridgehead atoms. The van der Waals surface area contributed by atoms with Crippen LogP contribution in [0.15, 0.2) is 81.6 Å². The Morgan fingerprint density at radius 3 is 2.57 bits per heavy atom. The summed E-state index contributed by atoms with van der Waals surface area (Å²) in [6.45, 7) is 1.86. The van der Waals surface area contributed by atoms with E-state index in [2.05, 4.69) is 16.0 Å². The maximum absolute atomic E-state index is 14.1. The van der Waals surface area contributed by atoms with Gasteiger partial charge >= 0.3 is 0 Å². The summed E-state index contributed by atoms with van der Waals surface area (Å²) in [5, 5.41) is 20.3. The molecule has 214 valence electrons. The Labute approximate surface area is 243 Å². The molecule has 11 heteroatoms. The second-order valence-corrected chi connectivity index (χ2v) is 12.3. The Balaban J connectivity index is 1.61. The number of nitriles is 1. The summed E-state index contributed by atoms with van der Waals surface area (Å²) >= 11 is 0. The van der Waals surface area contributed by atoms with Crippen LogP contribution in [0.2, 0.25) is 0 Å². The molecule has 1 aliphatic rings. The summed E-state index contributed by atoms with van der Waals surface area (Å²) in [5.74, 6) is -0.761. The fourth-order valence-corrected chi connectivity index (χ4v) is 6.53. The summed E-state index contributed by atoms with van der Waals surface area (Å²) < 4.78 is 29.1. The van der Waals surface area contributed by atoms with Gasteiger partial charge in [0, 0.05) is 18.8 Å². The van der Waals surface area contributed by atoms with Gasteiger partial charge in [-0.1, -0.05) is 31.2 Å². The van der Waals surface area contributed by atoms with Crippen LogP contribution >= 0.6 is 0 Å². The molecule has 0 saturated heterocycles. The number of pyridine rings is 1. The molecule has 5 rings (SSSR count). The number of hydrogen-bond acceptors (Lipinski definition) is 8. The van der Waals surface area contributed by atoms with E-state index < -0.39 is 38.1 Å². The third-order valence-electron chi connectivity index (χ3n) is 7.41. The SMILES string of the molecule is CC[C@@H](c1cccc(C#N)c1)n1c(CC2CC2)nc(O)c(S(=O)(=O)c2ccc(-c3ccncc3CC(N)=O)cc2)c1=O. The first-order valence-corrected chi connectivity index (χ1v) is 15.0. The van der Waals surface area contributed by atoms with Gasteiger partial charge in [0.05, 0.1) is 29.0 Å². The molecule has 42 heavy (non-hydrogen) atoms. The minimum Gasteiger partial charge on any atom is -0.492 e. The number of primary amides is 1. The fraction of sp³-hybridized carbons (Fsp3) is 0.258. The molecule has 2 aromatic carbocycles. The number of rotatable bonds is 10. The van der Waals surface area contributed by atoms with Crippen molar-refractivity contribution in [1.82, 2.24) is 14.5 Å². The Morgan fingerprint density at radius 2 is 1.93 bits per heavy atom. The van der Waals surface area contributed by atoms with Gasteiger partial charge in [0.1, 0.15) is 5.82 Å². The fourth-order valence-electron chi connectivity index (χ4n) is 5.18. The zero-order valence-corrected chi connectivity index (χ0v) is 23.7. The highest BCUT2D eigenvalue weighted by molar-refractivity contribution is 7.91. The lowest BCUT2D eigenvalue weighted by atomic mass is 10.00. The van der Waals surface area contributed by atoms with Crippen LogP contribution in [0.1, 0.15) is 54.7 Å². The lowest BCUT2D eigenvalue weighted by Crippen LogP contribution is -2.33. The average Bonchev–Trinajstić information content (AvgIpc) is 3.79. The molecule has 2 heterocycles. The molecule has 4 aromatic rings. The summed E-state index contributed by atoms with van der Waals surface area (Å²) in [6.07, 6.45) is 5.81. The number of nitrogens with two attached hydrogens (primary N) is 1. The number of sulfone groups is 1. The van der Waals surface area contributed by atoms with E-state index in [0.29, 0.717) is 52.4 Å². The Bertz CT molecular complexity index is 1870. The normalized spacial score (nSPS) is 13.8. The van der Waals surface area contributed by atoms with Crippen LogP contribution in [-0.4, -0.2) is 34.0 Å². The molecule has 0 aliphatic heterocycles. The molecule has 1 aliphatic carbocycles. The standard InChI is InChI=1S/C31H29N5O5S/c1-2-26(22-5-3-4-20(14-22)17-32)36-28(15-19-6-7-19)35-30(38)29(31(36)39)42(40,41)24-10-8-21(9-11-24)25-12-13-34-18-23(25)16-27(33)37/h3-5,8-14,18-19,26,38H,2,6-7,15-16H2,1H3,(H2,33,37)/t26-/m0/s1. The van der Waals surface area contributed by atoms with Crippen molar-refractivity contribution in [3.8, 4) is 23.1 Å². The molecule has 2 aromatic heterocycles. The predicted octanol–water partition coefficient (Wildman–Crippen LogP) is 3.70. The van der Waals surface area contributed by atoms with Crippen molar-refractivity contribution in [2.45, 2.75) is 54.9 Å². The van der Waals surface area contributed by atoms with Gasteiger partial charge in [-0.2, -0.15) is 10.2 Å². The first-order valence-electron chi connectivity index (χ1n) is 13.5. The van der Waals surface area contributed by atoms with E-state index in [9.17, 15) is 28.4 Å². The van der Waals surface area contributed by atoms with Crippen LogP contribution in [-0.2, 0) is 27.5 Å². The van der Waals surface area contributed by atoms with E-state index in [4.69, 9.17) is 5.73 Å². The number of nitrogens with zero attached hydrogens (tertiary/aromatic N) is 4. The molecular formula is C31H29N5O5S. The van der Waals surface area contributed by atoms with Gasteiger partial charge in [-0.3, -0.25) is 19.1 Å². The summed E-state index contributed by atoms with van der Waals surface area (Å²) in [6, 6.07) is 15.8. The van der Waals surface area contributed by atoms with Crippen LogP contribution in [0.25, 0.3) is 11.1 Å². The van der Waals surface area contributed by atoms with E-state index >= 15 is 0 Å². The van der Waals surface area contributed by atoms with Crippen molar-refractivity contribution in [3.05, 3.63) is 99.9 Å². The Kier molecular flexibility index (Phi) is 7.91. The van der Waals surface area contributed by atoms with Crippen LogP contribution in [0.5, 0.6) is 5.88 Å². The summed E-state index contributed by atoms with van der Waals surface area (Å²) in [4.78, 5) is 32.9. The van der Waals surface area contributed by atoms with Crippen molar-refractivity contribution >= 4 is 15.7 Å². The molecule has 0 spiro atoms. The molecule has 0 unspecified atom stereocenters. The van der Waals surface area contributed by atoms with Crippen molar-refractivity contribution in [2.24, 2.45) is 11.7 Å². The molecule has 10 nitrogen and oxygen atoms in total. The van der Waals surface area contributed by atoms with Gasteiger partial charge in [-0.05, 0) is 77.8 Å². The molecule has 1 saturated carbocycles. The van der Waals surface area contributed by atoms with Crippen molar-refractivity contribution in [3.63, 3.8) is 0 Å². The third-order valence-corrected chi connectivity index (χ3v) is 9.20. The lowest BCUT2D eigenvalue weighted by molar-refractivity contribution is -0.117. The number of carbonyl (C=O) groups is 1. The largest absolute Gasteiger partial charge is 0.492 e. The number of aromatic nitrogens is 3. The third kappa shape index (κ3) is 5.66. The summed E-state index contributed by atoms with van der Waals surface area (Å²) in [5.41, 5.74) is 7.44. The van der Waals surface area contributed by atoms with Gasteiger partial charge in [0.15, 0.2) is 4.90 Å². The van der Waals surface area contributed by atoms with Crippen molar-refractivity contribution in [1.29, 1.82) is 5.26 Å². The molecule has 1 atom stereocenters. The van der Waals surface area contributed by atoms with Gasteiger partial charge in [0.25, 0.3) is 5.56 Å². The Morgan fingerprint density at radius 1 is 1.19 bits per heavy atom. The number of amides is 1. The van der Waals surface area contributed by atoms with Gasteiger partial charge in [0.2, 0.25) is 21.6 Å². The van der Waals surface area contributed by atoms with Crippen molar-refractivity contribution in [2.75, 3.05) is 0 Å². The quantitative estimate of drug-likeness (QED) is 0.285. The molecule has 1 amide bonds.